The topological polar surface area (TPSA) is 84.3 Å². The molecule has 3 aromatic rings. The number of sulfonamides is 1. The monoisotopic (exact) mass is 522 g/mol. The summed E-state index contributed by atoms with van der Waals surface area (Å²) in [6, 6.07) is 14.8. The van der Waals surface area contributed by atoms with E-state index in [-0.39, 0.29) is 28.8 Å². The van der Waals surface area contributed by atoms with Crippen molar-refractivity contribution < 1.29 is 13.2 Å². The highest BCUT2D eigenvalue weighted by Gasteiger charge is 2.35. The van der Waals surface area contributed by atoms with Gasteiger partial charge in [0.2, 0.25) is 15.9 Å². The van der Waals surface area contributed by atoms with Gasteiger partial charge in [0.1, 0.15) is 11.9 Å². The highest BCUT2D eigenvalue weighted by Crippen LogP contribution is 2.39. The first kappa shape index (κ1) is 25.9. The molecule has 0 spiro atoms. The Morgan fingerprint density at radius 3 is 2.19 bits per heavy atom. The highest BCUT2D eigenvalue weighted by atomic mass is 32.2. The second kappa shape index (κ2) is 11.0. The van der Waals surface area contributed by atoms with Gasteiger partial charge in [0, 0.05) is 25.7 Å². The molecule has 2 saturated carbocycles. The van der Waals surface area contributed by atoms with Crippen LogP contribution >= 0.6 is 0 Å². The van der Waals surface area contributed by atoms with Gasteiger partial charge in [0.05, 0.1) is 15.9 Å². The van der Waals surface area contributed by atoms with Gasteiger partial charge in [0.25, 0.3) is 0 Å². The van der Waals surface area contributed by atoms with E-state index in [4.69, 9.17) is 4.98 Å². The minimum atomic E-state index is -3.53. The third-order valence-corrected chi connectivity index (χ3v) is 9.91. The van der Waals surface area contributed by atoms with Crippen LogP contribution in [0.25, 0.3) is 22.4 Å². The van der Waals surface area contributed by atoms with Crippen molar-refractivity contribution in [1.29, 1.82) is 0 Å². The van der Waals surface area contributed by atoms with Crippen LogP contribution in [0.3, 0.4) is 0 Å². The molecule has 1 aromatic heterocycles. The molecule has 1 amide bonds. The molecule has 0 aliphatic heterocycles. The molecule has 198 valence electrons. The van der Waals surface area contributed by atoms with Gasteiger partial charge in [-0.25, -0.2) is 17.7 Å². The SMILES string of the molecule is CN(C)S(=O)(=O)c1ccc(-c2nc3ccccc3n2C(C(=O)NC2CCCCC2)C2CCCCC2)cc1. The third kappa shape index (κ3) is 5.32. The Bertz CT molecular complexity index is 1340. The number of carbonyl (C=O) groups is 1. The van der Waals surface area contributed by atoms with Crippen molar-refractivity contribution >= 4 is 27.0 Å². The Hall–Kier alpha value is -2.71. The average molecular weight is 523 g/mol. The lowest BCUT2D eigenvalue weighted by molar-refractivity contribution is -0.127. The van der Waals surface area contributed by atoms with Crippen LogP contribution < -0.4 is 5.32 Å². The maximum atomic E-state index is 14.1. The van der Waals surface area contributed by atoms with E-state index in [1.54, 1.807) is 12.1 Å². The molecule has 5 rings (SSSR count). The number of nitrogens with one attached hydrogen (secondary N) is 1. The van der Waals surface area contributed by atoms with E-state index in [0.717, 1.165) is 55.1 Å². The Morgan fingerprint density at radius 2 is 1.54 bits per heavy atom. The summed E-state index contributed by atoms with van der Waals surface area (Å²) in [5.74, 6) is 1.04. The standard InChI is InChI=1S/C29H38N4O3S/c1-32(2)37(35,36)24-19-17-22(18-20-24)28-31-25-15-9-10-16-26(25)33(28)27(21-11-5-3-6-12-21)29(34)30-23-13-7-4-8-14-23/h9-10,15-21,23,27H,3-8,11-14H2,1-2H3,(H,30,34). The lowest BCUT2D eigenvalue weighted by Gasteiger charge is -2.33. The quantitative estimate of drug-likeness (QED) is 0.443. The number of fused-ring (bicyclic) bond motifs is 1. The maximum absolute atomic E-state index is 14.1. The fourth-order valence-electron chi connectivity index (χ4n) is 6.04. The summed E-state index contributed by atoms with van der Waals surface area (Å²) in [4.78, 5) is 19.3. The van der Waals surface area contributed by atoms with Crippen LogP contribution in [0.15, 0.2) is 53.4 Å². The summed E-state index contributed by atoms with van der Waals surface area (Å²) in [7, 11) is -0.472. The largest absolute Gasteiger partial charge is 0.352 e. The zero-order chi connectivity index (χ0) is 26.0. The predicted molar refractivity (Wildman–Crippen MR) is 147 cm³/mol. The lowest BCUT2D eigenvalue weighted by atomic mass is 9.82. The molecule has 1 heterocycles. The average Bonchev–Trinajstić information content (AvgIpc) is 3.29. The number of imidazole rings is 1. The fourth-order valence-corrected chi connectivity index (χ4v) is 6.94. The van der Waals surface area contributed by atoms with Gasteiger partial charge in [-0.1, -0.05) is 50.7 Å². The molecule has 2 aromatic carbocycles. The summed E-state index contributed by atoms with van der Waals surface area (Å²) in [5, 5.41) is 3.42. The van der Waals surface area contributed by atoms with E-state index in [1.807, 2.05) is 36.4 Å². The van der Waals surface area contributed by atoms with E-state index in [1.165, 1.54) is 44.1 Å². The van der Waals surface area contributed by atoms with Crippen molar-refractivity contribution in [2.24, 2.45) is 5.92 Å². The molecule has 7 nitrogen and oxygen atoms in total. The minimum absolute atomic E-state index is 0.0926. The third-order valence-electron chi connectivity index (χ3n) is 8.08. The van der Waals surface area contributed by atoms with Gasteiger partial charge in [-0.15, -0.1) is 0 Å². The first-order chi connectivity index (χ1) is 17.9. The number of amides is 1. The van der Waals surface area contributed by atoms with Crippen molar-refractivity contribution in [1.82, 2.24) is 19.2 Å². The summed E-state index contributed by atoms with van der Waals surface area (Å²) >= 11 is 0. The number of benzene rings is 2. The number of nitrogens with zero attached hydrogens (tertiary/aromatic N) is 3. The molecule has 1 unspecified atom stereocenters. The molecule has 1 atom stereocenters. The molecule has 0 saturated heterocycles. The van der Waals surface area contributed by atoms with Gasteiger partial charge in [-0.05, 0) is 68.0 Å². The summed E-state index contributed by atoms with van der Waals surface area (Å²) in [5.41, 5.74) is 2.59. The highest BCUT2D eigenvalue weighted by molar-refractivity contribution is 7.89. The second-order valence-electron chi connectivity index (χ2n) is 10.8. The van der Waals surface area contributed by atoms with Crippen molar-refractivity contribution in [2.75, 3.05) is 14.1 Å². The molecule has 2 fully saturated rings. The molecule has 2 aliphatic rings. The number of hydrogen-bond acceptors (Lipinski definition) is 4. The van der Waals surface area contributed by atoms with Gasteiger partial charge in [-0.3, -0.25) is 4.79 Å². The predicted octanol–water partition coefficient (Wildman–Crippen LogP) is 5.52. The summed E-state index contributed by atoms with van der Waals surface area (Å²) in [6.07, 6.45) is 11.2. The zero-order valence-electron chi connectivity index (χ0n) is 21.9. The minimum Gasteiger partial charge on any atom is -0.352 e. The number of hydrogen-bond donors (Lipinski definition) is 1. The lowest BCUT2D eigenvalue weighted by Crippen LogP contribution is -2.43. The summed E-state index contributed by atoms with van der Waals surface area (Å²) < 4.78 is 28.6. The van der Waals surface area contributed by atoms with E-state index in [2.05, 4.69) is 9.88 Å². The van der Waals surface area contributed by atoms with Crippen LogP contribution in [-0.4, -0.2) is 48.3 Å². The Labute approximate surface area is 220 Å². The van der Waals surface area contributed by atoms with Crippen molar-refractivity contribution in [3.63, 3.8) is 0 Å². The molecule has 0 radical (unpaired) electrons. The van der Waals surface area contributed by atoms with Gasteiger partial charge >= 0.3 is 0 Å². The first-order valence-electron chi connectivity index (χ1n) is 13.7. The molecule has 8 heteroatoms. The van der Waals surface area contributed by atoms with Crippen molar-refractivity contribution in [3.05, 3.63) is 48.5 Å². The van der Waals surface area contributed by atoms with Gasteiger partial charge in [-0.2, -0.15) is 0 Å². The van der Waals surface area contributed by atoms with Crippen LogP contribution in [0, 0.1) is 5.92 Å². The summed E-state index contributed by atoms with van der Waals surface area (Å²) in [6.45, 7) is 0. The van der Waals surface area contributed by atoms with Gasteiger partial charge in [0.15, 0.2) is 0 Å². The Morgan fingerprint density at radius 1 is 0.919 bits per heavy atom. The van der Waals surface area contributed by atoms with Crippen molar-refractivity contribution in [3.8, 4) is 11.4 Å². The molecule has 37 heavy (non-hydrogen) atoms. The van der Waals surface area contributed by atoms with Gasteiger partial charge < -0.3 is 9.88 Å². The normalized spacial score (nSPS) is 18.8. The van der Waals surface area contributed by atoms with Crippen LogP contribution in [0.2, 0.25) is 0 Å². The molecule has 2 aliphatic carbocycles. The number of para-hydroxylation sites is 2. The van der Waals surface area contributed by atoms with Crippen molar-refractivity contribution in [2.45, 2.75) is 81.2 Å². The van der Waals surface area contributed by atoms with Crippen LogP contribution in [0.4, 0.5) is 0 Å². The number of carbonyl (C=O) groups excluding carboxylic acids is 1. The van der Waals surface area contributed by atoms with Crippen LogP contribution in [-0.2, 0) is 14.8 Å². The first-order valence-corrected chi connectivity index (χ1v) is 15.1. The molecular formula is C29H38N4O3S. The van der Waals surface area contributed by atoms with E-state index >= 15 is 0 Å². The maximum Gasteiger partial charge on any atom is 0.243 e. The number of rotatable bonds is 7. The Kier molecular flexibility index (Phi) is 7.67. The zero-order valence-corrected chi connectivity index (χ0v) is 22.7. The molecular weight excluding hydrogens is 484 g/mol. The van der Waals surface area contributed by atoms with Crippen LogP contribution in [0.5, 0.6) is 0 Å². The Balaban J connectivity index is 1.60. The fraction of sp³-hybridized carbons (Fsp3) is 0.517. The van der Waals surface area contributed by atoms with E-state index < -0.39 is 10.0 Å². The van der Waals surface area contributed by atoms with E-state index in [9.17, 15) is 13.2 Å². The molecule has 0 bridgehead atoms. The van der Waals surface area contributed by atoms with Crippen LogP contribution in [0.1, 0.15) is 70.3 Å². The second-order valence-corrected chi connectivity index (χ2v) is 12.9. The van der Waals surface area contributed by atoms with E-state index in [0.29, 0.717) is 5.82 Å². The molecule has 1 N–H and O–H groups in total. The number of aromatic nitrogens is 2. The smallest absolute Gasteiger partial charge is 0.243 e.